The Kier molecular flexibility index (Phi) is 2.82. The van der Waals surface area contributed by atoms with Crippen molar-refractivity contribution >= 4 is 28.9 Å². The van der Waals surface area contributed by atoms with E-state index in [9.17, 15) is 4.79 Å². The summed E-state index contributed by atoms with van der Waals surface area (Å²) in [6, 6.07) is 8.18. The maximum absolute atomic E-state index is 12.5. The van der Waals surface area contributed by atoms with Crippen molar-refractivity contribution in [1.82, 2.24) is 5.32 Å². The number of carbonyl (C=O) groups is 1. The van der Waals surface area contributed by atoms with Gasteiger partial charge in [0.1, 0.15) is 0 Å². The van der Waals surface area contributed by atoms with Gasteiger partial charge in [-0.05, 0) is 44.1 Å². The van der Waals surface area contributed by atoms with Gasteiger partial charge in [-0.3, -0.25) is 9.69 Å². The summed E-state index contributed by atoms with van der Waals surface area (Å²) in [4.78, 5) is 14.2. The first-order valence-electron chi connectivity index (χ1n) is 6.38. The van der Waals surface area contributed by atoms with Crippen molar-refractivity contribution in [3.8, 4) is 0 Å². The van der Waals surface area contributed by atoms with E-state index in [0.717, 1.165) is 24.9 Å². The molecule has 1 saturated carbocycles. The highest BCUT2D eigenvalue weighted by molar-refractivity contribution is 7.80. The highest BCUT2D eigenvalue weighted by Gasteiger charge is 2.42. The van der Waals surface area contributed by atoms with Gasteiger partial charge in [-0.2, -0.15) is 0 Å². The van der Waals surface area contributed by atoms with Crippen molar-refractivity contribution in [2.45, 2.75) is 32.2 Å². The summed E-state index contributed by atoms with van der Waals surface area (Å²) in [5.41, 5.74) is 2.05. The van der Waals surface area contributed by atoms with Crippen LogP contribution in [0.25, 0.3) is 0 Å². The number of hydrogen-bond acceptors (Lipinski definition) is 2. The lowest BCUT2D eigenvalue weighted by atomic mass is 9.99. The summed E-state index contributed by atoms with van der Waals surface area (Å²) < 4.78 is 0. The molecule has 0 aromatic heterocycles. The molecule has 4 heteroatoms. The Labute approximate surface area is 112 Å². The van der Waals surface area contributed by atoms with Crippen molar-refractivity contribution < 1.29 is 4.79 Å². The van der Waals surface area contributed by atoms with Crippen LogP contribution in [0.1, 0.15) is 24.8 Å². The molecule has 0 unspecified atom stereocenters. The number of aryl methyl sites for hydroxylation is 1. The van der Waals surface area contributed by atoms with Crippen molar-refractivity contribution in [3.63, 3.8) is 0 Å². The molecule has 1 aliphatic carbocycles. The average Bonchev–Trinajstić information content (AvgIpc) is 2.80. The van der Waals surface area contributed by atoms with Gasteiger partial charge in [0.15, 0.2) is 5.11 Å². The SMILES string of the molecule is Cc1ccc(N2C(=O)[C@@H]3CCC[C@@H]3NC2=S)cc1. The van der Waals surface area contributed by atoms with Crippen molar-refractivity contribution in [2.24, 2.45) is 5.92 Å². The van der Waals surface area contributed by atoms with Crippen LogP contribution in [0.5, 0.6) is 0 Å². The molecule has 1 heterocycles. The fraction of sp³-hybridized carbons (Fsp3) is 0.429. The Balaban J connectivity index is 1.93. The van der Waals surface area contributed by atoms with Gasteiger partial charge in [-0.25, -0.2) is 0 Å². The van der Waals surface area contributed by atoms with E-state index in [0.29, 0.717) is 5.11 Å². The fourth-order valence-corrected chi connectivity index (χ4v) is 3.20. The van der Waals surface area contributed by atoms with E-state index in [-0.39, 0.29) is 17.9 Å². The largest absolute Gasteiger partial charge is 0.358 e. The minimum atomic E-state index is 0.0954. The number of nitrogens with one attached hydrogen (secondary N) is 1. The lowest BCUT2D eigenvalue weighted by Gasteiger charge is -2.36. The summed E-state index contributed by atoms with van der Waals surface area (Å²) in [5.74, 6) is 0.253. The Morgan fingerprint density at radius 1 is 1.28 bits per heavy atom. The fourth-order valence-electron chi connectivity index (χ4n) is 2.86. The highest BCUT2D eigenvalue weighted by Crippen LogP contribution is 2.32. The van der Waals surface area contributed by atoms with E-state index >= 15 is 0 Å². The molecule has 94 valence electrons. The molecular weight excluding hydrogens is 244 g/mol. The number of anilines is 1. The summed E-state index contributed by atoms with van der Waals surface area (Å²) in [7, 11) is 0. The molecule has 2 atom stereocenters. The first-order chi connectivity index (χ1) is 8.66. The van der Waals surface area contributed by atoms with Crippen LogP contribution >= 0.6 is 12.2 Å². The second-order valence-electron chi connectivity index (χ2n) is 5.10. The molecule has 1 amide bonds. The predicted octanol–water partition coefficient (Wildman–Crippen LogP) is 2.38. The van der Waals surface area contributed by atoms with Crippen LogP contribution in [-0.4, -0.2) is 17.1 Å². The topological polar surface area (TPSA) is 32.3 Å². The molecule has 18 heavy (non-hydrogen) atoms. The standard InChI is InChI=1S/C14H16N2OS/c1-9-5-7-10(8-6-9)16-13(17)11-3-2-4-12(11)15-14(16)18/h5-8,11-12H,2-4H2,1H3,(H,15,18)/t11-,12+/m1/s1. The molecule has 3 rings (SSSR count). The molecule has 1 aromatic carbocycles. The van der Waals surface area contributed by atoms with Gasteiger partial charge in [0.25, 0.3) is 0 Å². The van der Waals surface area contributed by atoms with Crippen molar-refractivity contribution in [3.05, 3.63) is 29.8 Å². The smallest absolute Gasteiger partial charge is 0.238 e. The highest BCUT2D eigenvalue weighted by atomic mass is 32.1. The van der Waals surface area contributed by atoms with Crippen LogP contribution in [0.3, 0.4) is 0 Å². The Bertz CT molecular complexity index is 497. The van der Waals surface area contributed by atoms with Crippen LogP contribution in [0.4, 0.5) is 5.69 Å². The van der Waals surface area contributed by atoms with Crippen LogP contribution in [-0.2, 0) is 4.79 Å². The van der Waals surface area contributed by atoms with Gasteiger partial charge in [-0.15, -0.1) is 0 Å². The van der Waals surface area contributed by atoms with E-state index in [2.05, 4.69) is 5.32 Å². The van der Waals surface area contributed by atoms with E-state index in [1.54, 1.807) is 4.90 Å². The summed E-state index contributed by atoms with van der Waals surface area (Å²) in [6.45, 7) is 2.03. The number of fused-ring (bicyclic) bond motifs is 1. The molecule has 2 fully saturated rings. The van der Waals surface area contributed by atoms with Crippen LogP contribution < -0.4 is 10.2 Å². The number of nitrogens with zero attached hydrogens (tertiary/aromatic N) is 1. The lowest BCUT2D eigenvalue weighted by molar-refractivity contribution is -0.122. The van der Waals surface area contributed by atoms with Gasteiger partial charge in [0.05, 0.1) is 11.6 Å². The number of amides is 1. The molecule has 0 bridgehead atoms. The molecule has 3 nitrogen and oxygen atoms in total. The van der Waals surface area contributed by atoms with Gasteiger partial charge in [0, 0.05) is 6.04 Å². The zero-order chi connectivity index (χ0) is 12.7. The zero-order valence-corrected chi connectivity index (χ0v) is 11.2. The number of thiocarbonyl (C=S) groups is 1. The van der Waals surface area contributed by atoms with Crippen molar-refractivity contribution in [2.75, 3.05) is 4.90 Å². The minimum Gasteiger partial charge on any atom is -0.358 e. The third kappa shape index (κ3) is 1.81. The van der Waals surface area contributed by atoms with Gasteiger partial charge >= 0.3 is 0 Å². The van der Waals surface area contributed by atoms with Crippen LogP contribution in [0.2, 0.25) is 0 Å². The molecule has 0 spiro atoms. The third-order valence-electron chi connectivity index (χ3n) is 3.86. The Morgan fingerprint density at radius 3 is 2.72 bits per heavy atom. The van der Waals surface area contributed by atoms with E-state index in [4.69, 9.17) is 12.2 Å². The van der Waals surface area contributed by atoms with E-state index < -0.39 is 0 Å². The predicted molar refractivity (Wildman–Crippen MR) is 75.5 cm³/mol. The summed E-state index contributed by atoms with van der Waals surface area (Å²) in [6.07, 6.45) is 3.14. The second kappa shape index (κ2) is 4.35. The quantitative estimate of drug-likeness (QED) is 0.787. The summed E-state index contributed by atoms with van der Waals surface area (Å²) >= 11 is 5.34. The van der Waals surface area contributed by atoms with Gasteiger partial charge in [-0.1, -0.05) is 24.1 Å². The number of benzene rings is 1. The monoisotopic (exact) mass is 260 g/mol. The molecule has 1 aromatic rings. The molecule has 0 radical (unpaired) electrons. The molecule has 2 aliphatic rings. The Morgan fingerprint density at radius 2 is 2.00 bits per heavy atom. The molecule has 1 N–H and O–H groups in total. The molecule has 1 saturated heterocycles. The third-order valence-corrected chi connectivity index (χ3v) is 4.16. The van der Waals surface area contributed by atoms with Gasteiger partial charge < -0.3 is 5.32 Å². The minimum absolute atomic E-state index is 0.0954. The maximum Gasteiger partial charge on any atom is 0.238 e. The van der Waals surface area contributed by atoms with Crippen LogP contribution in [0.15, 0.2) is 24.3 Å². The van der Waals surface area contributed by atoms with Crippen molar-refractivity contribution in [1.29, 1.82) is 0 Å². The molecule has 1 aliphatic heterocycles. The van der Waals surface area contributed by atoms with Crippen LogP contribution in [0, 0.1) is 12.8 Å². The van der Waals surface area contributed by atoms with E-state index in [1.165, 1.54) is 5.56 Å². The number of rotatable bonds is 1. The lowest BCUT2D eigenvalue weighted by Crippen LogP contribution is -2.58. The number of carbonyl (C=O) groups excluding carboxylic acids is 1. The second-order valence-corrected chi connectivity index (χ2v) is 5.49. The normalized spacial score (nSPS) is 27.1. The van der Waals surface area contributed by atoms with Gasteiger partial charge in [0.2, 0.25) is 5.91 Å². The number of hydrogen-bond donors (Lipinski definition) is 1. The molecular formula is C14H16N2OS. The summed E-state index contributed by atoms with van der Waals surface area (Å²) in [5, 5.41) is 3.86. The maximum atomic E-state index is 12.5. The average molecular weight is 260 g/mol. The Hall–Kier alpha value is -1.42. The first kappa shape index (κ1) is 11.7. The first-order valence-corrected chi connectivity index (χ1v) is 6.79. The van der Waals surface area contributed by atoms with E-state index in [1.807, 2.05) is 31.2 Å². The zero-order valence-electron chi connectivity index (χ0n) is 10.3.